The fourth-order valence-corrected chi connectivity index (χ4v) is 2.42. The van der Waals surface area contributed by atoms with Crippen molar-refractivity contribution in [3.8, 4) is 5.69 Å². The van der Waals surface area contributed by atoms with E-state index in [2.05, 4.69) is 20.8 Å². The first-order valence-electron chi connectivity index (χ1n) is 6.72. The number of tetrazole rings is 1. The molecule has 7 heteroatoms. The zero-order valence-electron chi connectivity index (χ0n) is 11.6. The molecule has 2 aromatic rings. The molecule has 0 radical (unpaired) electrons. The average Bonchev–Trinajstić information content (AvgIpc) is 3.10. The SMILES string of the molecule is Cc1cc(NC(=O)C2C=CC(N)C2)ccc1-n1cnnn1. The number of aromatic nitrogens is 4. The van der Waals surface area contributed by atoms with Crippen LogP contribution < -0.4 is 11.1 Å². The van der Waals surface area contributed by atoms with Crippen molar-refractivity contribution in [2.75, 3.05) is 5.32 Å². The Labute approximate surface area is 121 Å². The Bertz CT molecular complexity index is 679. The molecule has 1 aromatic heterocycles. The summed E-state index contributed by atoms with van der Waals surface area (Å²) in [5.41, 5.74) is 8.37. The number of nitrogens with two attached hydrogens (primary N) is 1. The molecule has 0 saturated heterocycles. The second kappa shape index (κ2) is 5.45. The van der Waals surface area contributed by atoms with Crippen molar-refractivity contribution in [3.63, 3.8) is 0 Å². The van der Waals surface area contributed by atoms with Crippen molar-refractivity contribution >= 4 is 11.6 Å². The molecule has 3 N–H and O–H groups in total. The lowest BCUT2D eigenvalue weighted by Gasteiger charge is -2.12. The third-order valence-corrected chi connectivity index (χ3v) is 3.51. The minimum Gasteiger partial charge on any atom is -0.326 e. The Balaban J connectivity index is 1.74. The highest BCUT2D eigenvalue weighted by Crippen LogP contribution is 2.21. The molecule has 0 aliphatic heterocycles. The highest BCUT2D eigenvalue weighted by molar-refractivity contribution is 5.94. The first-order chi connectivity index (χ1) is 10.1. The number of nitrogens with zero attached hydrogens (tertiary/aromatic N) is 4. The monoisotopic (exact) mass is 284 g/mol. The van der Waals surface area contributed by atoms with E-state index < -0.39 is 0 Å². The molecule has 0 fully saturated rings. The van der Waals surface area contributed by atoms with E-state index in [0.29, 0.717) is 6.42 Å². The molecule has 0 saturated carbocycles. The Morgan fingerprint density at radius 2 is 2.29 bits per heavy atom. The predicted molar refractivity (Wildman–Crippen MR) is 77.7 cm³/mol. The summed E-state index contributed by atoms with van der Waals surface area (Å²) in [6.45, 7) is 1.94. The van der Waals surface area contributed by atoms with E-state index >= 15 is 0 Å². The van der Waals surface area contributed by atoms with Gasteiger partial charge in [-0.3, -0.25) is 4.79 Å². The Hall–Kier alpha value is -2.54. The maximum absolute atomic E-state index is 12.1. The summed E-state index contributed by atoms with van der Waals surface area (Å²) in [5.74, 6) is -0.187. The van der Waals surface area contributed by atoms with Crippen LogP contribution in [0.1, 0.15) is 12.0 Å². The van der Waals surface area contributed by atoms with Gasteiger partial charge in [0.1, 0.15) is 6.33 Å². The lowest BCUT2D eigenvalue weighted by Crippen LogP contribution is -2.24. The number of carbonyl (C=O) groups excluding carboxylic acids is 1. The van der Waals surface area contributed by atoms with Gasteiger partial charge in [0, 0.05) is 11.7 Å². The van der Waals surface area contributed by atoms with Gasteiger partial charge < -0.3 is 11.1 Å². The molecule has 0 spiro atoms. The van der Waals surface area contributed by atoms with E-state index in [1.807, 2.05) is 37.3 Å². The Kier molecular flexibility index (Phi) is 3.49. The quantitative estimate of drug-likeness (QED) is 0.813. The minimum absolute atomic E-state index is 0.0234. The molecule has 7 nitrogen and oxygen atoms in total. The van der Waals surface area contributed by atoms with E-state index in [1.54, 1.807) is 4.68 Å². The van der Waals surface area contributed by atoms with Crippen molar-refractivity contribution < 1.29 is 4.79 Å². The number of amides is 1. The second-order valence-corrected chi connectivity index (χ2v) is 5.14. The summed E-state index contributed by atoms with van der Waals surface area (Å²) in [6.07, 6.45) is 5.93. The second-order valence-electron chi connectivity index (χ2n) is 5.14. The van der Waals surface area contributed by atoms with E-state index in [-0.39, 0.29) is 17.9 Å². The van der Waals surface area contributed by atoms with Crippen LogP contribution in [-0.4, -0.2) is 32.2 Å². The van der Waals surface area contributed by atoms with E-state index in [1.165, 1.54) is 6.33 Å². The van der Waals surface area contributed by atoms with Crippen LogP contribution in [0.3, 0.4) is 0 Å². The van der Waals surface area contributed by atoms with Gasteiger partial charge in [0.25, 0.3) is 0 Å². The smallest absolute Gasteiger partial charge is 0.231 e. The van der Waals surface area contributed by atoms with Crippen molar-refractivity contribution in [1.29, 1.82) is 0 Å². The Morgan fingerprint density at radius 3 is 2.90 bits per heavy atom. The van der Waals surface area contributed by atoms with Gasteiger partial charge in [-0.25, -0.2) is 4.68 Å². The van der Waals surface area contributed by atoms with E-state index in [9.17, 15) is 4.79 Å². The molecule has 2 unspecified atom stereocenters. The fourth-order valence-electron chi connectivity index (χ4n) is 2.42. The van der Waals surface area contributed by atoms with Crippen LogP contribution in [0.4, 0.5) is 5.69 Å². The molecule has 1 heterocycles. The summed E-state index contributed by atoms with van der Waals surface area (Å²) < 4.78 is 1.58. The van der Waals surface area contributed by atoms with Crippen molar-refractivity contribution in [1.82, 2.24) is 20.2 Å². The van der Waals surface area contributed by atoms with Crippen molar-refractivity contribution in [2.24, 2.45) is 11.7 Å². The van der Waals surface area contributed by atoms with Crippen molar-refractivity contribution in [2.45, 2.75) is 19.4 Å². The lowest BCUT2D eigenvalue weighted by molar-refractivity contribution is -0.118. The largest absolute Gasteiger partial charge is 0.326 e. The van der Waals surface area contributed by atoms with Crippen LogP contribution in [-0.2, 0) is 4.79 Å². The third-order valence-electron chi connectivity index (χ3n) is 3.51. The maximum Gasteiger partial charge on any atom is 0.231 e. The predicted octanol–water partition coefficient (Wildman–Crippen LogP) is 0.813. The number of carbonyl (C=O) groups is 1. The highest BCUT2D eigenvalue weighted by Gasteiger charge is 2.22. The number of rotatable bonds is 3. The standard InChI is InChI=1S/C14H16N6O/c1-9-6-12(4-5-13(9)20-8-16-18-19-20)17-14(21)10-2-3-11(15)7-10/h2-6,8,10-11H,7,15H2,1H3,(H,17,21). The number of aryl methyl sites for hydroxylation is 1. The Morgan fingerprint density at radius 1 is 1.43 bits per heavy atom. The number of anilines is 1. The molecule has 1 aliphatic carbocycles. The minimum atomic E-state index is -0.153. The topological polar surface area (TPSA) is 98.7 Å². The normalized spacial score (nSPS) is 20.7. The van der Waals surface area contributed by atoms with Gasteiger partial charge in [0.2, 0.25) is 5.91 Å². The van der Waals surface area contributed by atoms with Crippen LogP contribution in [0.15, 0.2) is 36.7 Å². The van der Waals surface area contributed by atoms with Gasteiger partial charge in [-0.1, -0.05) is 12.2 Å². The van der Waals surface area contributed by atoms with E-state index in [4.69, 9.17) is 5.73 Å². The van der Waals surface area contributed by atoms with Crippen LogP contribution in [0.25, 0.3) is 5.69 Å². The fraction of sp³-hybridized carbons (Fsp3) is 0.286. The summed E-state index contributed by atoms with van der Waals surface area (Å²) in [6, 6.07) is 5.58. The summed E-state index contributed by atoms with van der Waals surface area (Å²) in [4.78, 5) is 12.1. The van der Waals surface area contributed by atoms with Gasteiger partial charge in [-0.05, 0) is 47.5 Å². The number of nitrogens with one attached hydrogen (secondary N) is 1. The van der Waals surface area contributed by atoms with Crippen molar-refractivity contribution in [3.05, 3.63) is 42.2 Å². The molecule has 3 rings (SSSR count). The maximum atomic E-state index is 12.1. The molecule has 1 aromatic carbocycles. The van der Waals surface area contributed by atoms with Gasteiger partial charge >= 0.3 is 0 Å². The molecule has 0 bridgehead atoms. The average molecular weight is 284 g/mol. The molecular formula is C14H16N6O. The van der Waals surface area contributed by atoms with Gasteiger partial charge in [-0.2, -0.15) is 0 Å². The molecule has 21 heavy (non-hydrogen) atoms. The number of hydrogen-bond acceptors (Lipinski definition) is 5. The highest BCUT2D eigenvalue weighted by atomic mass is 16.1. The van der Waals surface area contributed by atoms with Crippen LogP contribution >= 0.6 is 0 Å². The first kappa shape index (κ1) is 13.4. The summed E-state index contributed by atoms with van der Waals surface area (Å²) >= 11 is 0. The molecule has 1 aliphatic rings. The first-order valence-corrected chi connectivity index (χ1v) is 6.72. The van der Waals surface area contributed by atoms with Gasteiger partial charge in [-0.15, -0.1) is 5.10 Å². The summed E-state index contributed by atoms with van der Waals surface area (Å²) in [7, 11) is 0. The third kappa shape index (κ3) is 2.82. The summed E-state index contributed by atoms with van der Waals surface area (Å²) in [5, 5.41) is 14.0. The molecule has 108 valence electrons. The van der Waals surface area contributed by atoms with Crippen LogP contribution in [0.2, 0.25) is 0 Å². The number of benzene rings is 1. The molecule has 1 amide bonds. The van der Waals surface area contributed by atoms with Crippen LogP contribution in [0.5, 0.6) is 0 Å². The zero-order chi connectivity index (χ0) is 14.8. The molecule has 2 atom stereocenters. The number of hydrogen-bond donors (Lipinski definition) is 2. The van der Waals surface area contributed by atoms with Gasteiger partial charge in [0.05, 0.1) is 11.6 Å². The molecular weight excluding hydrogens is 268 g/mol. The zero-order valence-corrected chi connectivity index (χ0v) is 11.6. The van der Waals surface area contributed by atoms with Crippen LogP contribution in [0, 0.1) is 12.8 Å². The van der Waals surface area contributed by atoms with E-state index in [0.717, 1.165) is 16.9 Å². The van der Waals surface area contributed by atoms with Gasteiger partial charge in [0.15, 0.2) is 0 Å². The lowest BCUT2D eigenvalue weighted by atomic mass is 10.1.